The van der Waals surface area contributed by atoms with Crippen LogP contribution in [0, 0.1) is 6.92 Å². The summed E-state index contributed by atoms with van der Waals surface area (Å²) in [5.41, 5.74) is 2.96. The molecular formula is C40H42Cl4N8O9S2. The number of nitrogens with zero attached hydrogens (tertiary/aromatic N) is 7. The van der Waals surface area contributed by atoms with Crippen molar-refractivity contribution in [3.05, 3.63) is 109 Å². The third-order valence-corrected chi connectivity index (χ3v) is 11.9. The van der Waals surface area contributed by atoms with Crippen molar-refractivity contribution in [2.24, 2.45) is 20.5 Å². The SMILES string of the molecule is CCCCOc1cc(N=Nc2ccc(Cl)c(C)c2)c(Cl)cc1Cc1nc(Cc2cc(Cl)c(N=Nc3ccc(Cl)c(S(=O)(=O)O)c3)cc2OCCCS(=O)(=O)O)nc(NCC(C)O)n1. The van der Waals surface area contributed by atoms with Gasteiger partial charge in [-0.1, -0.05) is 59.7 Å². The monoisotopic (exact) mass is 982 g/mol. The van der Waals surface area contributed by atoms with Crippen LogP contribution in [0.4, 0.5) is 28.7 Å². The first-order valence-electron chi connectivity index (χ1n) is 19.2. The fourth-order valence-electron chi connectivity index (χ4n) is 5.57. The zero-order valence-corrected chi connectivity index (χ0v) is 38.6. The molecule has 0 fully saturated rings. The van der Waals surface area contributed by atoms with Gasteiger partial charge in [-0.15, -0.1) is 10.2 Å². The topological polar surface area (TPSA) is 248 Å². The zero-order chi connectivity index (χ0) is 45.9. The van der Waals surface area contributed by atoms with Crippen LogP contribution < -0.4 is 14.8 Å². The zero-order valence-electron chi connectivity index (χ0n) is 34.0. The summed E-state index contributed by atoms with van der Waals surface area (Å²) < 4.78 is 77.4. The molecule has 0 aliphatic heterocycles. The molecule has 0 amide bonds. The van der Waals surface area contributed by atoms with E-state index in [4.69, 9.17) is 60.9 Å². The lowest BCUT2D eigenvalue weighted by molar-refractivity contribution is 0.208. The molecule has 1 aromatic heterocycles. The summed E-state index contributed by atoms with van der Waals surface area (Å²) in [6.45, 7) is 5.87. The van der Waals surface area contributed by atoms with Crippen molar-refractivity contribution in [3.8, 4) is 11.5 Å². The number of aliphatic hydroxyl groups is 1. The maximum atomic E-state index is 11.8. The molecule has 5 aromatic rings. The molecule has 336 valence electrons. The minimum atomic E-state index is -4.67. The number of rotatable bonds is 21. The van der Waals surface area contributed by atoms with E-state index in [9.17, 15) is 31.0 Å². The molecule has 4 aromatic carbocycles. The van der Waals surface area contributed by atoms with E-state index in [1.54, 1.807) is 37.3 Å². The summed E-state index contributed by atoms with van der Waals surface area (Å²) >= 11 is 25.6. The third kappa shape index (κ3) is 15.3. The van der Waals surface area contributed by atoms with E-state index in [1.807, 2.05) is 13.8 Å². The lowest BCUT2D eigenvalue weighted by Gasteiger charge is -2.15. The van der Waals surface area contributed by atoms with Gasteiger partial charge < -0.3 is 19.9 Å². The van der Waals surface area contributed by atoms with E-state index in [2.05, 4.69) is 35.7 Å². The molecule has 0 saturated carbocycles. The van der Waals surface area contributed by atoms with Crippen molar-refractivity contribution < 1.29 is 40.5 Å². The highest BCUT2D eigenvalue weighted by Crippen LogP contribution is 2.38. The van der Waals surface area contributed by atoms with Crippen molar-refractivity contribution >= 4 is 95.3 Å². The summed E-state index contributed by atoms with van der Waals surface area (Å²) in [6.07, 6.45) is 0.961. The Balaban J connectivity index is 1.52. The van der Waals surface area contributed by atoms with Gasteiger partial charge in [-0.2, -0.15) is 37.0 Å². The van der Waals surface area contributed by atoms with Gasteiger partial charge in [0, 0.05) is 47.7 Å². The quantitative estimate of drug-likeness (QED) is 0.0304. The average Bonchev–Trinajstić information content (AvgIpc) is 3.20. The standard InChI is InChI=1S/C40H42Cl4N8O9S2/c1-4-5-11-60-35-20-33(51-49-27-7-9-29(41)23(2)14-27)31(43)15-25(35)17-38-46-39(48-40(47-38)45-22-24(3)53)18-26-16-32(44)34(21-36(26)61-12-6-13-62(54,55)56)52-50-28-8-10-30(42)37(19-28)63(57,58)59/h7-10,14-16,19-21,24,53H,4-6,11-13,17-18,22H2,1-3H3,(H,54,55,56)(H,57,58,59)(H,45,46,47,48). The number of nitrogens with one attached hydrogen (secondary N) is 1. The van der Waals surface area contributed by atoms with Crippen LogP contribution in [0.25, 0.3) is 0 Å². The highest BCUT2D eigenvalue weighted by molar-refractivity contribution is 7.86. The molecule has 0 saturated heterocycles. The van der Waals surface area contributed by atoms with Crippen molar-refractivity contribution in [3.63, 3.8) is 0 Å². The molecule has 23 heteroatoms. The number of azo groups is 2. The maximum Gasteiger partial charge on any atom is 0.296 e. The van der Waals surface area contributed by atoms with Gasteiger partial charge in [0.05, 0.1) is 51.5 Å². The van der Waals surface area contributed by atoms with E-state index >= 15 is 0 Å². The number of aromatic nitrogens is 3. The highest BCUT2D eigenvalue weighted by Gasteiger charge is 2.19. The van der Waals surface area contributed by atoms with Crippen molar-refractivity contribution in [1.29, 1.82) is 0 Å². The van der Waals surface area contributed by atoms with Crippen LogP contribution in [-0.2, 0) is 33.1 Å². The van der Waals surface area contributed by atoms with Crippen LogP contribution in [0.1, 0.15) is 61.4 Å². The summed E-state index contributed by atoms with van der Waals surface area (Å²) in [5.74, 6) is 0.789. The minimum absolute atomic E-state index is 0.0112. The lowest BCUT2D eigenvalue weighted by atomic mass is 10.1. The number of ether oxygens (including phenoxy) is 2. The number of unbranched alkanes of at least 4 members (excludes halogenated alkanes) is 1. The van der Waals surface area contributed by atoms with Crippen LogP contribution in [0.3, 0.4) is 0 Å². The second kappa shape index (κ2) is 22.4. The Morgan fingerprint density at radius 2 is 1.22 bits per heavy atom. The van der Waals surface area contributed by atoms with Gasteiger partial charge in [0.15, 0.2) is 0 Å². The number of aliphatic hydroxyl groups excluding tert-OH is 1. The van der Waals surface area contributed by atoms with Gasteiger partial charge in [-0.05, 0) is 80.8 Å². The van der Waals surface area contributed by atoms with E-state index in [-0.39, 0.29) is 71.4 Å². The maximum absolute atomic E-state index is 11.8. The van der Waals surface area contributed by atoms with E-state index in [0.29, 0.717) is 50.7 Å². The second-order valence-electron chi connectivity index (χ2n) is 14.0. The van der Waals surface area contributed by atoms with Gasteiger partial charge in [-0.3, -0.25) is 9.11 Å². The smallest absolute Gasteiger partial charge is 0.296 e. The highest BCUT2D eigenvalue weighted by atomic mass is 35.5. The van der Waals surface area contributed by atoms with Crippen LogP contribution >= 0.6 is 46.4 Å². The Morgan fingerprint density at radius 3 is 1.71 bits per heavy atom. The first-order chi connectivity index (χ1) is 29.8. The van der Waals surface area contributed by atoms with E-state index < -0.39 is 37.0 Å². The lowest BCUT2D eigenvalue weighted by Crippen LogP contribution is -2.19. The Bertz CT molecular complexity index is 2730. The first kappa shape index (κ1) is 49.4. The Morgan fingerprint density at radius 1 is 0.698 bits per heavy atom. The summed E-state index contributed by atoms with van der Waals surface area (Å²) in [6, 6.07) is 15.2. The molecule has 0 aliphatic carbocycles. The predicted octanol–water partition coefficient (Wildman–Crippen LogP) is 10.7. The molecule has 5 rings (SSSR count). The van der Waals surface area contributed by atoms with Crippen LogP contribution in [-0.4, -0.2) is 77.6 Å². The fraction of sp³-hybridized carbons (Fsp3) is 0.325. The molecule has 4 N–H and O–H groups in total. The van der Waals surface area contributed by atoms with Crippen LogP contribution in [0.5, 0.6) is 11.5 Å². The van der Waals surface area contributed by atoms with Gasteiger partial charge in [0.2, 0.25) is 5.95 Å². The largest absolute Gasteiger partial charge is 0.493 e. The van der Waals surface area contributed by atoms with Gasteiger partial charge in [0.1, 0.15) is 39.4 Å². The summed E-state index contributed by atoms with van der Waals surface area (Å²) in [5, 5.41) is 30.7. The molecule has 0 aliphatic rings. The van der Waals surface area contributed by atoms with E-state index in [1.165, 1.54) is 24.3 Å². The van der Waals surface area contributed by atoms with Gasteiger partial charge >= 0.3 is 0 Å². The third-order valence-electron chi connectivity index (χ3n) is 8.68. The predicted molar refractivity (Wildman–Crippen MR) is 241 cm³/mol. The second-order valence-corrected chi connectivity index (χ2v) is 18.6. The normalized spacial score (nSPS) is 12.6. The average molecular weight is 985 g/mol. The molecule has 0 radical (unpaired) electrons. The first-order valence-corrected chi connectivity index (χ1v) is 23.7. The van der Waals surface area contributed by atoms with Crippen LogP contribution in [0.2, 0.25) is 20.1 Å². The Labute approximate surface area is 384 Å². The van der Waals surface area contributed by atoms with Crippen molar-refractivity contribution in [2.75, 3.05) is 30.8 Å². The number of benzene rings is 4. The molecule has 1 atom stereocenters. The summed E-state index contributed by atoms with van der Waals surface area (Å²) in [4.78, 5) is 13.4. The van der Waals surface area contributed by atoms with E-state index in [0.717, 1.165) is 24.5 Å². The van der Waals surface area contributed by atoms with Gasteiger partial charge in [-0.25, -0.2) is 4.98 Å². The van der Waals surface area contributed by atoms with Crippen molar-refractivity contribution in [2.45, 2.75) is 63.9 Å². The number of anilines is 1. The van der Waals surface area contributed by atoms with Crippen molar-refractivity contribution in [1.82, 2.24) is 15.0 Å². The number of hydrogen-bond donors (Lipinski definition) is 4. The molecule has 63 heavy (non-hydrogen) atoms. The molecule has 1 unspecified atom stereocenters. The molecule has 0 bridgehead atoms. The number of aryl methyl sites for hydroxylation is 1. The Kier molecular flexibility index (Phi) is 17.6. The fourth-order valence-corrected chi connectivity index (χ4v) is 7.61. The summed E-state index contributed by atoms with van der Waals surface area (Å²) in [7, 11) is -8.94. The number of hydrogen-bond acceptors (Lipinski definition) is 15. The molecule has 17 nitrogen and oxygen atoms in total. The Hall–Kier alpha value is -4.57. The molecule has 0 spiro atoms. The minimum Gasteiger partial charge on any atom is -0.493 e. The molecular weight excluding hydrogens is 942 g/mol. The number of halogens is 4. The van der Waals surface area contributed by atoms with Crippen LogP contribution in [0.15, 0.2) is 86.0 Å². The molecule has 1 heterocycles. The van der Waals surface area contributed by atoms with Gasteiger partial charge in [0.25, 0.3) is 20.2 Å².